The summed E-state index contributed by atoms with van der Waals surface area (Å²) < 4.78 is 9.86. The number of hydrogen-bond acceptors (Lipinski definition) is 7. The van der Waals surface area contributed by atoms with Crippen LogP contribution < -0.4 is 4.74 Å². The van der Waals surface area contributed by atoms with E-state index in [2.05, 4.69) is 0 Å². The molecule has 1 atom stereocenters. The molecule has 1 fully saturated rings. The van der Waals surface area contributed by atoms with Crippen LogP contribution in [0, 0.1) is 0 Å². The monoisotopic (exact) mass is 473 g/mol. The molecule has 0 radical (unpaired) electrons. The van der Waals surface area contributed by atoms with Gasteiger partial charge in [-0.05, 0) is 59.7 Å². The van der Waals surface area contributed by atoms with Gasteiger partial charge in [0.1, 0.15) is 17.3 Å². The molecule has 3 aromatic carbocycles. The van der Waals surface area contributed by atoms with Crippen molar-refractivity contribution in [2.45, 2.75) is 12.6 Å². The minimum atomic E-state index is -0.940. The van der Waals surface area contributed by atoms with Crippen LogP contribution in [0.15, 0.2) is 78.4 Å². The maximum absolute atomic E-state index is 13.1. The minimum Gasteiger partial charge on any atom is -0.508 e. The predicted octanol–water partition coefficient (Wildman–Crippen LogP) is 3.81. The third kappa shape index (κ3) is 4.59. The Balaban J connectivity index is 1.79. The van der Waals surface area contributed by atoms with Crippen molar-refractivity contribution in [3.05, 3.63) is 101 Å². The molecule has 178 valence electrons. The van der Waals surface area contributed by atoms with Crippen LogP contribution in [0.1, 0.15) is 33.1 Å². The van der Waals surface area contributed by atoms with Gasteiger partial charge in [0.2, 0.25) is 0 Å². The Morgan fingerprint density at radius 2 is 1.60 bits per heavy atom. The van der Waals surface area contributed by atoms with Crippen LogP contribution in [0.4, 0.5) is 0 Å². The number of ketones is 1. The summed E-state index contributed by atoms with van der Waals surface area (Å²) in [6.45, 7) is 0.0335. The maximum atomic E-state index is 13.1. The number of amides is 1. The Hall–Kier alpha value is -4.59. The normalized spacial score (nSPS) is 16.9. The van der Waals surface area contributed by atoms with Crippen molar-refractivity contribution >= 4 is 23.4 Å². The van der Waals surface area contributed by atoms with Gasteiger partial charge in [-0.1, -0.05) is 24.3 Å². The molecule has 0 aliphatic carbocycles. The molecule has 0 bridgehead atoms. The number of carbonyl (C=O) groups excluding carboxylic acids is 3. The molecule has 0 saturated carbocycles. The number of rotatable bonds is 6. The molecule has 4 rings (SSSR count). The van der Waals surface area contributed by atoms with Gasteiger partial charge < -0.3 is 24.6 Å². The van der Waals surface area contributed by atoms with Gasteiger partial charge in [0.05, 0.1) is 31.4 Å². The van der Waals surface area contributed by atoms with E-state index in [-0.39, 0.29) is 23.6 Å². The van der Waals surface area contributed by atoms with Crippen molar-refractivity contribution in [2.75, 3.05) is 14.2 Å². The number of benzene rings is 3. The molecule has 1 aliphatic heterocycles. The number of likely N-dealkylation sites (tertiary alicyclic amines) is 1. The van der Waals surface area contributed by atoms with Crippen molar-refractivity contribution < 1.29 is 34.1 Å². The van der Waals surface area contributed by atoms with Gasteiger partial charge in [0.25, 0.3) is 11.7 Å². The zero-order valence-corrected chi connectivity index (χ0v) is 19.1. The molecular weight excluding hydrogens is 450 g/mol. The summed E-state index contributed by atoms with van der Waals surface area (Å²) in [6, 6.07) is 18.2. The lowest BCUT2D eigenvalue weighted by Crippen LogP contribution is -2.29. The lowest BCUT2D eigenvalue weighted by molar-refractivity contribution is -0.140. The van der Waals surface area contributed by atoms with Crippen molar-refractivity contribution in [1.29, 1.82) is 0 Å². The quantitative estimate of drug-likeness (QED) is 0.242. The fourth-order valence-corrected chi connectivity index (χ4v) is 4.05. The van der Waals surface area contributed by atoms with Crippen LogP contribution in [0.2, 0.25) is 0 Å². The lowest BCUT2D eigenvalue weighted by atomic mass is 9.95. The van der Waals surface area contributed by atoms with E-state index >= 15 is 0 Å². The number of esters is 1. The molecule has 1 unspecified atom stereocenters. The third-order valence-electron chi connectivity index (χ3n) is 5.82. The first-order valence-corrected chi connectivity index (χ1v) is 10.7. The average Bonchev–Trinajstić information content (AvgIpc) is 3.13. The van der Waals surface area contributed by atoms with Gasteiger partial charge >= 0.3 is 5.97 Å². The molecule has 35 heavy (non-hydrogen) atoms. The number of aromatic hydroxyl groups is 1. The number of phenols is 1. The van der Waals surface area contributed by atoms with Crippen molar-refractivity contribution in [2.24, 2.45) is 0 Å². The summed E-state index contributed by atoms with van der Waals surface area (Å²) in [6.07, 6.45) is 0. The van der Waals surface area contributed by atoms with E-state index in [1.54, 1.807) is 60.7 Å². The summed E-state index contributed by atoms with van der Waals surface area (Å²) in [5.74, 6) is -1.91. The smallest absolute Gasteiger partial charge is 0.337 e. The number of Topliss-reactive ketones (excluding diaryl/α,β-unsaturated/α-hetero) is 1. The summed E-state index contributed by atoms with van der Waals surface area (Å²) in [4.78, 5) is 39.3. The highest BCUT2D eigenvalue weighted by molar-refractivity contribution is 6.46. The number of aliphatic hydroxyl groups is 1. The Bertz CT molecular complexity index is 1310. The third-order valence-corrected chi connectivity index (χ3v) is 5.82. The van der Waals surface area contributed by atoms with Crippen LogP contribution in [-0.2, 0) is 20.9 Å². The molecular formula is C27H23NO7. The van der Waals surface area contributed by atoms with Crippen molar-refractivity contribution in [1.82, 2.24) is 4.90 Å². The van der Waals surface area contributed by atoms with Gasteiger partial charge in [-0.3, -0.25) is 9.59 Å². The lowest BCUT2D eigenvalue weighted by Gasteiger charge is -2.25. The highest BCUT2D eigenvalue weighted by Crippen LogP contribution is 2.41. The Morgan fingerprint density at radius 1 is 0.943 bits per heavy atom. The van der Waals surface area contributed by atoms with E-state index in [0.29, 0.717) is 28.0 Å². The number of ether oxygens (including phenoxy) is 2. The van der Waals surface area contributed by atoms with E-state index in [0.717, 1.165) is 0 Å². The van der Waals surface area contributed by atoms with E-state index in [1.807, 2.05) is 0 Å². The molecule has 8 heteroatoms. The van der Waals surface area contributed by atoms with Gasteiger partial charge in [0.15, 0.2) is 0 Å². The Labute approximate surface area is 201 Å². The van der Waals surface area contributed by atoms with Gasteiger partial charge in [-0.2, -0.15) is 0 Å². The average molecular weight is 473 g/mol. The van der Waals surface area contributed by atoms with E-state index in [1.165, 1.54) is 31.3 Å². The second-order valence-corrected chi connectivity index (χ2v) is 7.94. The number of aliphatic hydroxyl groups excluding tert-OH is 1. The summed E-state index contributed by atoms with van der Waals surface area (Å²) in [5.41, 5.74) is 1.73. The van der Waals surface area contributed by atoms with Gasteiger partial charge in [0, 0.05) is 12.1 Å². The Kier molecular flexibility index (Phi) is 6.55. The molecule has 1 heterocycles. The maximum Gasteiger partial charge on any atom is 0.337 e. The highest BCUT2D eigenvalue weighted by Gasteiger charge is 2.46. The fourth-order valence-electron chi connectivity index (χ4n) is 4.05. The molecule has 0 aromatic heterocycles. The second-order valence-electron chi connectivity index (χ2n) is 7.94. The van der Waals surface area contributed by atoms with Gasteiger partial charge in [-0.25, -0.2) is 4.79 Å². The zero-order valence-electron chi connectivity index (χ0n) is 19.1. The second kappa shape index (κ2) is 9.72. The summed E-state index contributed by atoms with van der Waals surface area (Å²) >= 11 is 0. The molecule has 0 spiro atoms. The summed E-state index contributed by atoms with van der Waals surface area (Å²) in [7, 11) is 2.80. The standard InChI is InChI=1S/C27H23NO7/c1-34-21-12-10-17(11-13-21)24(30)22-23(19-4-3-5-20(29)14-19)28(26(32)25(22)31)15-16-6-8-18(9-7-16)27(33)35-2/h3-14,23,29-30H,15H2,1-2H3/b24-22+. The van der Waals surface area contributed by atoms with Crippen LogP contribution in [0.5, 0.6) is 11.5 Å². The Morgan fingerprint density at radius 3 is 2.20 bits per heavy atom. The van der Waals surface area contributed by atoms with Crippen LogP contribution in [-0.4, -0.2) is 47.0 Å². The first kappa shape index (κ1) is 23.6. The molecule has 1 amide bonds. The van der Waals surface area contributed by atoms with E-state index in [9.17, 15) is 24.6 Å². The minimum absolute atomic E-state index is 0.0335. The number of carbonyl (C=O) groups is 3. The number of nitrogens with zero attached hydrogens (tertiary/aromatic N) is 1. The van der Waals surface area contributed by atoms with Crippen LogP contribution in [0.25, 0.3) is 5.76 Å². The number of phenolic OH excluding ortho intramolecular Hbond substituents is 1. The van der Waals surface area contributed by atoms with E-state index < -0.39 is 23.7 Å². The topological polar surface area (TPSA) is 113 Å². The van der Waals surface area contributed by atoms with Crippen LogP contribution >= 0.6 is 0 Å². The molecule has 1 saturated heterocycles. The SMILES string of the molecule is COC(=O)c1ccc(CN2C(=O)C(=O)/C(=C(/O)c3ccc(OC)cc3)C2c2cccc(O)c2)cc1. The predicted molar refractivity (Wildman–Crippen MR) is 127 cm³/mol. The zero-order chi connectivity index (χ0) is 25.1. The van der Waals surface area contributed by atoms with Crippen molar-refractivity contribution in [3.8, 4) is 11.5 Å². The highest BCUT2D eigenvalue weighted by atomic mass is 16.5. The first-order valence-electron chi connectivity index (χ1n) is 10.7. The number of hydrogen-bond donors (Lipinski definition) is 2. The fraction of sp³-hybridized carbons (Fsp3) is 0.148. The molecule has 1 aliphatic rings. The molecule has 2 N–H and O–H groups in total. The number of methoxy groups -OCH3 is 2. The molecule has 3 aromatic rings. The summed E-state index contributed by atoms with van der Waals surface area (Å²) in [5, 5.41) is 21.2. The van der Waals surface area contributed by atoms with Crippen LogP contribution in [0.3, 0.4) is 0 Å². The van der Waals surface area contributed by atoms with Gasteiger partial charge in [-0.15, -0.1) is 0 Å². The first-order chi connectivity index (χ1) is 16.8. The molecule has 8 nitrogen and oxygen atoms in total. The van der Waals surface area contributed by atoms with Crippen molar-refractivity contribution in [3.63, 3.8) is 0 Å². The largest absolute Gasteiger partial charge is 0.508 e. The van der Waals surface area contributed by atoms with E-state index in [4.69, 9.17) is 9.47 Å².